The molecule has 0 fully saturated rings. The summed E-state index contributed by atoms with van der Waals surface area (Å²) in [5, 5.41) is 29.3. The van der Waals surface area contributed by atoms with E-state index in [0.29, 0.717) is 12.4 Å². The smallest absolute Gasteiger partial charge is 0.231 e. The van der Waals surface area contributed by atoms with Crippen LogP contribution in [-0.2, 0) is 17.2 Å². The summed E-state index contributed by atoms with van der Waals surface area (Å²) in [7, 11) is 0. The van der Waals surface area contributed by atoms with Crippen molar-refractivity contribution >= 4 is 29.3 Å². The molecule has 1 atom stereocenters. The molecule has 0 bridgehead atoms. The number of nitrogens with one attached hydrogen (secondary N) is 2. The van der Waals surface area contributed by atoms with E-state index in [9.17, 15) is 15.0 Å². The predicted molar refractivity (Wildman–Crippen MR) is 107 cm³/mol. The van der Waals surface area contributed by atoms with Gasteiger partial charge in [0.15, 0.2) is 11.6 Å². The average Bonchev–Trinajstić information content (AvgIpc) is 3.05. The van der Waals surface area contributed by atoms with Gasteiger partial charge in [0.1, 0.15) is 0 Å². The van der Waals surface area contributed by atoms with Crippen LogP contribution in [0.2, 0.25) is 0 Å². The number of nitrogens with zero attached hydrogens (tertiary/aromatic N) is 4. The van der Waals surface area contributed by atoms with Gasteiger partial charge >= 0.3 is 0 Å². The maximum absolute atomic E-state index is 12.2. The highest BCUT2D eigenvalue weighted by molar-refractivity contribution is 6.16. The Morgan fingerprint density at radius 1 is 1.43 bits per heavy atom. The van der Waals surface area contributed by atoms with Crippen LogP contribution in [-0.4, -0.2) is 48.5 Å². The van der Waals surface area contributed by atoms with Crippen LogP contribution >= 0.6 is 11.6 Å². The molecule has 2 aromatic heterocycles. The fraction of sp³-hybridized carbons (Fsp3) is 0.556. The largest absolute Gasteiger partial charge is 0.503 e. The van der Waals surface area contributed by atoms with E-state index in [2.05, 4.69) is 32.6 Å². The third-order valence-electron chi connectivity index (χ3n) is 4.16. The number of halogens is 1. The maximum Gasteiger partial charge on any atom is 0.231 e. The molecule has 0 aliphatic heterocycles. The Labute approximate surface area is 169 Å². The van der Waals surface area contributed by atoms with Crippen molar-refractivity contribution in [2.24, 2.45) is 0 Å². The van der Waals surface area contributed by atoms with E-state index in [1.165, 1.54) is 6.20 Å². The number of carbonyl (C=O) groups excluding carboxylic acids is 1. The Morgan fingerprint density at radius 2 is 2.21 bits per heavy atom. The lowest BCUT2D eigenvalue weighted by atomic mass is 10.1. The highest BCUT2D eigenvalue weighted by Crippen LogP contribution is 2.22. The zero-order valence-electron chi connectivity index (χ0n) is 16.2. The Balaban J connectivity index is 1.96. The summed E-state index contributed by atoms with van der Waals surface area (Å²) in [5.74, 6) is 0.142. The van der Waals surface area contributed by atoms with Crippen molar-refractivity contribution in [2.45, 2.75) is 58.0 Å². The fourth-order valence-electron chi connectivity index (χ4n) is 2.69. The minimum Gasteiger partial charge on any atom is -0.503 e. The molecule has 0 spiro atoms. The number of aryl methyl sites for hydroxylation is 2. The van der Waals surface area contributed by atoms with Crippen LogP contribution in [0.5, 0.6) is 5.75 Å². The van der Waals surface area contributed by atoms with Crippen molar-refractivity contribution in [3.8, 4) is 5.75 Å². The fourth-order valence-corrected chi connectivity index (χ4v) is 2.90. The second-order valence-electron chi connectivity index (χ2n) is 6.53. The molecule has 0 aliphatic carbocycles. The first-order valence-electron chi connectivity index (χ1n) is 9.29. The van der Waals surface area contributed by atoms with Crippen LogP contribution < -0.4 is 10.6 Å². The van der Waals surface area contributed by atoms with Crippen molar-refractivity contribution in [3.05, 3.63) is 23.7 Å². The Kier molecular flexibility index (Phi) is 8.46. The second kappa shape index (κ2) is 10.8. The molecule has 2 rings (SSSR count). The van der Waals surface area contributed by atoms with Gasteiger partial charge in [0.25, 0.3) is 0 Å². The number of hydrogen-bond donors (Lipinski definition) is 4. The van der Waals surface area contributed by atoms with E-state index in [1.54, 1.807) is 4.68 Å². The van der Waals surface area contributed by atoms with Crippen molar-refractivity contribution < 1.29 is 15.0 Å². The highest BCUT2D eigenvalue weighted by Gasteiger charge is 2.14. The number of unbranched alkanes of at least 4 members (excludes halogenated alkanes) is 1. The monoisotopic (exact) mass is 410 g/mol. The summed E-state index contributed by atoms with van der Waals surface area (Å²) >= 11 is 5.88. The molecule has 0 unspecified atom stereocenters. The van der Waals surface area contributed by atoms with Gasteiger partial charge in [-0.3, -0.25) is 14.8 Å². The number of aromatic hydroxyl groups is 1. The van der Waals surface area contributed by atoms with E-state index < -0.39 is 0 Å². The molecule has 10 heteroatoms. The first-order chi connectivity index (χ1) is 13.5. The lowest BCUT2D eigenvalue weighted by Gasteiger charge is -2.17. The van der Waals surface area contributed by atoms with Crippen molar-refractivity contribution in [2.75, 3.05) is 17.2 Å². The Morgan fingerprint density at radius 3 is 2.89 bits per heavy atom. The Hall–Kier alpha value is -2.39. The molecule has 28 heavy (non-hydrogen) atoms. The molecule has 0 aromatic carbocycles. The minimum atomic E-state index is -0.282. The molecule has 1 amide bonds. The quantitative estimate of drug-likeness (QED) is 0.419. The number of aliphatic hydroxyl groups is 1. The number of aliphatic hydroxyl groups excluding tert-OH is 1. The lowest BCUT2D eigenvalue weighted by Crippen LogP contribution is -2.25. The number of amides is 1. The zero-order chi connectivity index (χ0) is 20.5. The first kappa shape index (κ1) is 21.9. The third-order valence-corrected chi connectivity index (χ3v) is 4.43. The van der Waals surface area contributed by atoms with Crippen molar-refractivity contribution in [1.29, 1.82) is 0 Å². The van der Waals surface area contributed by atoms with Gasteiger partial charge in [0, 0.05) is 6.42 Å². The molecule has 0 aliphatic rings. The van der Waals surface area contributed by atoms with Gasteiger partial charge in [-0.1, -0.05) is 19.8 Å². The molecule has 0 saturated carbocycles. The van der Waals surface area contributed by atoms with E-state index in [4.69, 9.17) is 11.6 Å². The lowest BCUT2D eigenvalue weighted by molar-refractivity contribution is -0.116. The van der Waals surface area contributed by atoms with Gasteiger partial charge in [0.05, 0.1) is 42.7 Å². The molecule has 4 N–H and O–H groups in total. The van der Waals surface area contributed by atoms with Crippen molar-refractivity contribution in [1.82, 2.24) is 19.7 Å². The highest BCUT2D eigenvalue weighted by atomic mass is 35.5. The summed E-state index contributed by atoms with van der Waals surface area (Å²) < 4.78 is 1.70. The molecule has 0 saturated heterocycles. The molecular weight excluding hydrogens is 384 g/mol. The number of alkyl halides is 1. The van der Waals surface area contributed by atoms with Crippen LogP contribution in [0.3, 0.4) is 0 Å². The van der Waals surface area contributed by atoms with Crippen LogP contribution in [0, 0.1) is 6.92 Å². The first-order valence-corrected chi connectivity index (χ1v) is 9.82. The van der Waals surface area contributed by atoms with Gasteiger partial charge in [-0.25, -0.2) is 4.98 Å². The number of aromatic nitrogens is 4. The maximum atomic E-state index is 12.2. The van der Waals surface area contributed by atoms with E-state index >= 15 is 0 Å². The van der Waals surface area contributed by atoms with E-state index in [1.807, 2.05) is 13.0 Å². The number of carbonyl (C=O) groups is 1. The summed E-state index contributed by atoms with van der Waals surface area (Å²) in [4.78, 5) is 20.3. The van der Waals surface area contributed by atoms with Crippen LogP contribution in [0.15, 0.2) is 12.3 Å². The molecule has 0 radical (unpaired) electrons. The molecule has 154 valence electrons. The van der Waals surface area contributed by atoms with Gasteiger partial charge in [-0.15, -0.1) is 11.6 Å². The normalized spacial score (nSPS) is 12.0. The number of anilines is 2. The number of rotatable bonds is 11. The SMILES string of the molecule is CCCC[C@@H](CO)Nc1nc(NC(=O)CCn2nc(C)cc2CCl)ncc1O. The van der Waals surface area contributed by atoms with Crippen LogP contribution in [0.4, 0.5) is 11.8 Å². The van der Waals surface area contributed by atoms with Crippen molar-refractivity contribution in [3.63, 3.8) is 0 Å². The summed E-state index contributed by atoms with van der Waals surface area (Å²) in [6.45, 7) is 4.22. The topological polar surface area (TPSA) is 125 Å². The van der Waals surface area contributed by atoms with Gasteiger partial charge in [0.2, 0.25) is 11.9 Å². The average molecular weight is 411 g/mol. The summed E-state index contributed by atoms with van der Waals surface area (Å²) in [6.07, 6.45) is 4.06. The zero-order valence-corrected chi connectivity index (χ0v) is 16.9. The van der Waals surface area contributed by atoms with Gasteiger partial charge in [-0.05, 0) is 19.4 Å². The van der Waals surface area contributed by atoms with Crippen LogP contribution in [0.25, 0.3) is 0 Å². The summed E-state index contributed by atoms with van der Waals surface area (Å²) in [6, 6.07) is 1.64. The standard InChI is InChI=1S/C18H27ClN6O3/c1-3-4-5-13(11-26)21-17-15(27)10-20-18(23-17)22-16(28)6-7-25-14(9-19)8-12(2)24-25/h8,10,13,26-27H,3-7,9,11H2,1-2H3,(H2,20,21,22,23,28)/t13-/m0/s1. The molecule has 9 nitrogen and oxygen atoms in total. The Bertz CT molecular complexity index is 783. The molecular formula is C18H27ClN6O3. The third kappa shape index (κ3) is 6.35. The van der Waals surface area contributed by atoms with E-state index in [0.717, 1.165) is 30.7 Å². The second-order valence-corrected chi connectivity index (χ2v) is 6.79. The predicted octanol–water partition coefficient (Wildman–Crippen LogP) is 2.42. The summed E-state index contributed by atoms with van der Waals surface area (Å²) in [5.41, 5.74) is 1.69. The van der Waals surface area contributed by atoms with Crippen LogP contribution in [0.1, 0.15) is 44.0 Å². The molecule has 2 heterocycles. The van der Waals surface area contributed by atoms with Gasteiger partial charge in [-0.2, -0.15) is 10.1 Å². The van der Waals surface area contributed by atoms with E-state index in [-0.39, 0.29) is 42.5 Å². The minimum absolute atomic E-state index is 0.0756. The molecule has 2 aromatic rings. The number of hydrogen-bond acceptors (Lipinski definition) is 7. The van der Waals surface area contributed by atoms with Gasteiger partial charge < -0.3 is 15.5 Å².